The van der Waals surface area contributed by atoms with Crippen molar-refractivity contribution in [1.82, 2.24) is 4.98 Å². The highest BCUT2D eigenvalue weighted by molar-refractivity contribution is 6.46. The number of rotatable bonds is 1. The number of benzene rings is 1. The first-order valence-electron chi connectivity index (χ1n) is 5.08. The molecule has 88 valence electrons. The molecule has 0 bridgehead atoms. The summed E-state index contributed by atoms with van der Waals surface area (Å²) in [6.45, 7) is 4.01. The van der Waals surface area contributed by atoms with E-state index >= 15 is 0 Å². The second-order valence-electron chi connectivity index (χ2n) is 3.82. The van der Waals surface area contributed by atoms with Gasteiger partial charge in [-0.3, -0.25) is 4.98 Å². The molecular formula is C13H10Cl3N. The summed E-state index contributed by atoms with van der Waals surface area (Å²) in [5, 5.41) is 1.48. The van der Waals surface area contributed by atoms with Crippen molar-refractivity contribution in [3.63, 3.8) is 0 Å². The third kappa shape index (κ3) is 2.28. The van der Waals surface area contributed by atoms with E-state index in [1.807, 2.05) is 19.9 Å². The number of halogens is 3. The highest BCUT2D eigenvalue weighted by Gasteiger charge is 2.15. The maximum Gasteiger partial charge on any atom is 0.0764 e. The molecule has 0 radical (unpaired) electrons. The second kappa shape index (κ2) is 4.85. The zero-order valence-electron chi connectivity index (χ0n) is 9.39. The van der Waals surface area contributed by atoms with E-state index in [0.29, 0.717) is 20.6 Å². The maximum atomic E-state index is 6.20. The Bertz CT molecular complexity index is 579. The summed E-state index contributed by atoms with van der Waals surface area (Å²) in [5.74, 6) is 0. The van der Waals surface area contributed by atoms with Gasteiger partial charge < -0.3 is 0 Å². The molecule has 1 nitrogen and oxygen atoms in total. The lowest BCUT2D eigenvalue weighted by Gasteiger charge is -2.11. The molecule has 0 aliphatic heterocycles. The van der Waals surface area contributed by atoms with Gasteiger partial charge in [0, 0.05) is 11.8 Å². The minimum absolute atomic E-state index is 0.445. The van der Waals surface area contributed by atoms with Crippen molar-refractivity contribution in [1.29, 1.82) is 0 Å². The van der Waals surface area contributed by atoms with Crippen molar-refractivity contribution in [3.05, 3.63) is 50.6 Å². The van der Waals surface area contributed by atoms with Crippen molar-refractivity contribution in [2.24, 2.45) is 0 Å². The van der Waals surface area contributed by atoms with Gasteiger partial charge in [0.25, 0.3) is 0 Å². The van der Waals surface area contributed by atoms with Gasteiger partial charge in [0.05, 0.1) is 20.8 Å². The standard InChI is InChI=1S/C13H10Cl3N/c1-7-5-6-17-13(8(7)2)11-9(14)3-4-10(15)12(11)16/h3-6H,1-2H3. The number of aromatic nitrogens is 1. The fraction of sp³-hybridized carbons (Fsp3) is 0.154. The second-order valence-corrected chi connectivity index (χ2v) is 5.01. The molecule has 17 heavy (non-hydrogen) atoms. The molecule has 0 atom stereocenters. The molecule has 0 saturated carbocycles. The molecule has 1 aromatic carbocycles. The lowest BCUT2D eigenvalue weighted by Crippen LogP contribution is -1.93. The van der Waals surface area contributed by atoms with Gasteiger partial charge in [0.1, 0.15) is 0 Å². The Labute approximate surface area is 115 Å². The van der Waals surface area contributed by atoms with Crippen LogP contribution in [0, 0.1) is 13.8 Å². The molecule has 0 unspecified atom stereocenters. The molecule has 0 spiro atoms. The van der Waals surface area contributed by atoms with Crippen LogP contribution in [-0.4, -0.2) is 4.98 Å². The van der Waals surface area contributed by atoms with E-state index in [1.165, 1.54) is 0 Å². The molecule has 0 aliphatic rings. The van der Waals surface area contributed by atoms with Crippen LogP contribution in [0.1, 0.15) is 11.1 Å². The lowest BCUT2D eigenvalue weighted by atomic mass is 10.0. The van der Waals surface area contributed by atoms with E-state index in [-0.39, 0.29) is 0 Å². The third-order valence-corrected chi connectivity index (χ3v) is 3.87. The van der Waals surface area contributed by atoms with E-state index in [9.17, 15) is 0 Å². The Morgan fingerprint density at radius 3 is 2.29 bits per heavy atom. The van der Waals surface area contributed by atoms with Gasteiger partial charge in [-0.2, -0.15) is 0 Å². The Hall–Kier alpha value is -0.760. The normalized spacial score (nSPS) is 10.6. The SMILES string of the molecule is Cc1ccnc(-c2c(Cl)ccc(Cl)c2Cl)c1C. The first kappa shape index (κ1) is 12.7. The molecule has 0 amide bonds. The molecule has 0 saturated heterocycles. The highest BCUT2D eigenvalue weighted by Crippen LogP contribution is 2.39. The zero-order valence-corrected chi connectivity index (χ0v) is 11.7. The van der Waals surface area contributed by atoms with E-state index in [4.69, 9.17) is 34.8 Å². The number of pyridine rings is 1. The fourth-order valence-electron chi connectivity index (χ4n) is 1.63. The molecule has 4 heteroatoms. The molecule has 1 aromatic heterocycles. The van der Waals surface area contributed by atoms with Crippen LogP contribution in [0.15, 0.2) is 24.4 Å². The quantitative estimate of drug-likeness (QED) is 0.646. The van der Waals surface area contributed by atoms with E-state index < -0.39 is 0 Å². The lowest BCUT2D eigenvalue weighted by molar-refractivity contribution is 1.22. The third-order valence-electron chi connectivity index (χ3n) is 2.76. The van der Waals surface area contributed by atoms with Crippen LogP contribution in [0.25, 0.3) is 11.3 Å². The molecular weight excluding hydrogens is 277 g/mol. The zero-order chi connectivity index (χ0) is 12.6. The maximum absolute atomic E-state index is 6.20. The first-order valence-corrected chi connectivity index (χ1v) is 6.22. The van der Waals surface area contributed by atoms with Gasteiger partial charge in [-0.1, -0.05) is 34.8 Å². The van der Waals surface area contributed by atoms with E-state index in [0.717, 1.165) is 16.8 Å². The minimum Gasteiger partial charge on any atom is -0.256 e. The summed E-state index contributed by atoms with van der Waals surface area (Å²) in [5.41, 5.74) is 3.67. The summed E-state index contributed by atoms with van der Waals surface area (Å²) in [6, 6.07) is 5.36. The van der Waals surface area contributed by atoms with Crippen molar-refractivity contribution < 1.29 is 0 Å². The van der Waals surface area contributed by atoms with Gasteiger partial charge in [-0.25, -0.2) is 0 Å². The highest BCUT2D eigenvalue weighted by atomic mass is 35.5. The van der Waals surface area contributed by atoms with Gasteiger partial charge in [0.15, 0.2) is 0 Å². The largest absolute Gasteiger partial charge is 0.256 e. The van der Waals surface area contributed by atoms with Gasteiger partial charge in [0.2, 0.25) is 0 Å². The summed E-state index contributed by atoms with van der Waals surface area (Å²) in [6.07, 6.45) is 1.74. The van der Waals surface area contributed by atoms with Crippen LogP contribution in [0.5, 0.6) is 0 Å². The van der Waals surface area contributed by atoms with Crippen molar-refractivity contribution in [3.8, 4) is 11.3 Å². The fourth-order valence-corrected chi connectivity index (χ4v) is 2.34. The number of hydrogen-bond donors (Lipinski definition) is 0. The monoisotopic (exact) mass is 285 g/mol. The predicted octanol–water partition coefficient (Wildman–Crippen LogP) is 5.33. The van der Waals surface area contributed by atoms with Gasteiger partial charge in [-0.05, 0) is 43.2 Å². The van der Waals surface area contributed by atoms with E-state index in [1.54, 1.807) is 18.3 Å². The van der Waals surface area contributed by atoms with Crippen LogP contribution in [0.3, 0.4) is 0 Å². The summed E-state index contributed by atoms with van der Waals surface area (Å²) >= 11 is 18.4. The summed E-state index contributed by atoms with van der Waals surface area (Å²) in [7, 11) is 0. The van der Waals surface area contributed by atoms with Crippen LogP contribution >= 0.6 is 34.8 Å². The van der Waals surface area contributed by atoms with Gasteiger partial charge >= 0.3 is 0 Å². The molecule has 0 N–H and O–H groups in total. The topological polar surface area (TPSA) is 12.9 Å². The van der Waals surface area contributed by atoms with E-state index in [2.05, 4.69) is 4.98 Å². The Morgan fingerprint density at radius 2 is 1.59 bits per heavy atom. The van der Waals surface area contributed by atoms with Crippen LogP contribution in [-0.2, 0) is 0 Å². The van der Waals surface area contributed by atoms with Crippen molar-refractivity contribution in [2.45, 2.75) is 13.8 Å². The molecule has 0 aliphatic carbocycles. The number of nitrogens with zero attached hydrogens (tertiary/aromatic N) is 1. The van der Waals surface area contributed by atoms with Crippen molar-refractivity contribution in [2.75, 3.05) is 0 Å². The first-order chi connectivity index (χ1) is 8.02. The minimum atomic E-state index is 0.445. The number of aryl methyl sites for hydroxylation is 1. The Kier molecular flexibility index (Phi) is 3.62. The molecule has 2 rings (SSSR count). The molecule has 0 fully saturated rings. The van der Waals surface area contributed by atoms with Crippen LogP contribution in [0.2, 0.25) is 15.1 Å². The smallest absolute Gasteiger partial charge is 0.0764 e. The Balaban J connectivity index is 2.77. The molecule has 1 heterocycles. The van der Waals surface area contributed by atoms with Crippen LogP contribution < -0.4 is 0 Å². The predicted molar refractivity (Wildman–Crippen MR) is 74.2 cm³/mol. The number of hydrogen-bond acceptors (Lipinski definition) is 1. The average Bonchev–Trinajstić information content (AvgIpc) is 2.30. The average molecular weight is 287 g/mol. The van der Waals surface area contributed by atoms with Gasteiger partial charge in [-0.15, -0.1) is 0 Å². The Morgan fingerprint density at radius 1 is 0.941 bits per heavy atom. The summed E-state index contributed by atoms with van der Waals surface area (Å²) in [4.78, 5) is 4.34. The van der Waals surface area contributed by atoms with Crippen LogP contribution in [0.4, 0.5) is 0 Å². The molecule has 2 aromatic rings. The van der Waals surface area contributed by atoms with Crippen molar-refractivity contribution >= 4 is 34.8 Å². The summed E-state index contributed by atoms with van der Waals surface area (Å²) < 4.78 is 0.